The van der Waals surface area contributed by atoms with Gasteiger partial charge in [0.05, 0.1) is 27.6 Å². The summed E-state index contributed by atoms with van der Waals surface area (Å²) in [6.45, 7) is 3.73. The Morgan fingerprint density at radius 1 is 0.944 bits per heavy atom. The van der Waals surface area contributed by atoms with Gasteiger partial charge in [0, 0.05) is 11.9 Å². The average Bonchev–Trinajstić information content (AvgIpc) is 3.39. The summed E-state index contributed by atoms with van der Waals surface area (Å²) in [7, 11) is 0. The SMILES string of the molecule is CC(O)c1cccc(Nc2nccc(-c3ccc(C(=O)N[C@H](C)c4cccc5ccccc45)s3)n2)c1. The van der Waals surface area contributed by atoms with E-state index < -0.39 is 6.10 Å². The minimum absolute atomic E-state index is 0.117. The van der Waals surface area contributed by atoms with Crippen LogP contribution in [0.25, 0.3) is 21.3 Å². The minimum Gasteiger partial charge on any atom is -0.389 e. The largest absolute Gasteiger partial charge is 0.389 e. The van der Waals surface area contributed by atoms with Crippen LogP contribution in [0, 0.1) is 0 Å². The first kappa shape index (κ1) is 23.7. The van der Waals surface area contributed by atoms with E-state index >= 15 is 0 Å². The molecule has 0 radical (unpaired) electrons. The summed E-state index contributed by atoms with van der Waals surface area (Å²) in [5.41, 5.74) is 3.41. The third-order valence-corrected chi connectivity index (χ3v) is 7.11. The maximum Gasteiger partial charge on any atom is 0.261 e. The molecule has 5 aromatic rings. The molecule has 1 unspecified atom stereocenters. The Bertz CT molecular complexity index is 1520. The van der Waals surface area contributed by atoms with Crippen molar-refractivity contribution in [2.75, 3.05) is 5.32 Å². The van der Waals surface area contributed by atoms with Crippen LogP contribution in [-0.2, 0) is 0 Å². The molecule has 0 aliphatic heterocycles. The van der Waals surface area contributed by atoms with Gasteiger partial charge in [0.25, 0.3) is 5.91 Å². The second-order valence-corrected chi connectivity index (χ2v) is 9.70. The quantitative estimate of drug-likeness (QED) is 0.236. The molecule has 6 nitrogen and oxygen atoms in total. The number of amides is 1. The van der Waals surface area contributed by atoms with Crippen molar-refractivity contribution in [1.82, 2.24) is 15.3 Å². The van der Waals surface area contributed by atoms with Crippen molar-refractivity contribution >= 4 is 39.7 Å². The number of aromatic nitrogens is 2. The van der Waals surface area contributed by atoms with Crippen LogP contribution in [0.5, 0.6) is 0 Å². The monoisotopic (exact) mass is 494 g/mol. The lowest BCUT2D eigenvalue weighted by Crippen LogP contribution is -2.26. The van der Waals surface area contributed by atoms with Gasteiger partial charge in [-0.15, -0.1) is 11.3 Å². The highest BCUT2D eigenvalue weighted by molar-refractivity contribution is 7.17. The highest BCUT2D eigenvalue weighted by atomic mass is 32.1. The fraction of sp³-hybridized carbons (Fsp3) is 0.138. The Hall–Kier alpha value is -4.07. The van der Waals surface area contributed by atoms with Crippen molar-refractivity contribution < 1.29 is 9.90 Å². The van der Waals surface area contributed by atoms with E-state index in [0.717, 1.165) is 38.2 Å². The average molecular weight is 495 g/mol. The van der Waals surface area contributed by atoms with Crippen molar-refractivity contribution in [2.45, 2.75) is 26.0 Å². The molecule has 3 aromatic carbocycles. The fourth-order valence-corrected chi connectivity index (χ4v) is 5.01. The van der Waals surface area contributed by atoms with E-state index in [2.05, 4.69) is 44.9 Å². The van der Waals surface area contributed by atoms with Crippen LogP contribution in [0.3, 0.4) is 0 Å². The van der Waals surface area contributed by atoms with E-state index in [1.807, 2.05) is 67.6 Å². The molecule has 0 bridgehead atoms. The third-order valence-electron chi connectivity index (χ3n) is 6.00. The zero-order valence-electron chi connectivity index (χ0n) is 20.0. The normalized spacial score (nSPS) is 12.8. The number of carbonyl (C=O) groups is 1. The van der Waals surface area contributed by atoms with Gasteiger partial charge in [0.1, 0.15) is 0 Å². The Morgan fingerprint density at radius 3 is 2.61 bits per heavy atom. The van der Waals surface area contributed by atoms with Crippen molar-refractivity contribution in [1.29, 1.82) is 0 Å². The Kier molecular flexibility index (Phi) is 6.75. The number of fused-ring (bicyclic) bond motifs is 1. The first-order valence-corrected chi connectivity index (χ1v) is 12.6. The first-order chi connectivity index (χ1) is 17.5. The third kappa shape index (κ3) is 5.12. The summed E-state index contributed by atoms with van der Waals surface area (Å²) < 4.78 is 0. The number of thiophene rings is 1. The molecular formula is C29H26N4O2S. The van der Waals surface area contributed by atoms with Crippen LogP contribution in [0.1, 0.15) is 46.8 Å². The lowest BCUT2D eigenvalue weighted by molar-refractivity contribution is 0.0944. The van der Waals surface area contributed by atoms with Crippen molar-refractivity contribution in [3.8, 4) is 10.6 Å². The summed E-state index contributed by atoms with van der Waals surface area (Å²) in [6.07, 6.45) is 1.13. The number of nitrogens with zero attached hydrogens (tertiary/aromatic N) is 2. The first-order valence-electron chi connectivity index (χ1n) is 11.7. The topological polar surface area (TPSA) is 87.1 Å². The summed E-state index contributed by atoms with van der Waals surface area (Å²) >= 11 is 1.39. The van der Waals surface area contributed by atoms with Gasteiger partial charge in [-0.1, -0.05) is 54.6 Å². The summed E-state index contributed by atoms with van der Waals surface area (Å²) in [5.74, 6) is 0.327. The minimum atomic E-state index is -0.557. The summed E-state index contributed by atoms with van der Waals surface area (Å²) in [4.78, 5) is 23.5. The molecular weight excluding hydrogens is 468 g/mol. The van der Waals surface area contributed by atoms with Crippen LogP contribution < -0.4 is 10.6 Å². The van der Waals surface area contributed by atoms with Crippen LogP contribution in [0.15, 0.2) is 91.1 Å². The van der Waals surface area contributed by atoms with Gasteiger partial charge in [-0.25, -0.2) is 9.97 Å². The van der Waals surface area contributed by atoms with Gasteiger partial charge < -0.3 is 15.7 Å². The number of aliphatic hydroxyl groups is 1. The summed E-state index contributed by atoms with van der Waals surface area (Å²) in [6, 6.07) is 27.3. The maximum absolute atomic E-state index is 13.0. The second-order valence-electron chi connectivity index (χ2n) is 8.62. The van der Waals surface area contributed by atoms with Gasteiger partial charge in [0.2, 0.25) is 5.95 Å². The number of carbonyl (C=O) groups excluding carboxylic acids is 1. The molecule has 0 saturated heterocycles. The van der Waals surface area contributed by atoms with E-state index in [4.69, 9.17) is 0 Å². The van der Waals surface area contributed by atoms with Crippen LogP contribution in [0.2, 0.25) is 0 Å². The Morgan fingerprint density at radius 2 is 1.75 bits per heavy atom. The molecule has 0 aliphatic rings. The zero-order chi connectivity index (χ0) is 25.1. The predicted octanol–water partition coefficient (Wildman–Crippen LogP) is 6.65. The molecule has 180 valence electrons. The predicted molar refractivity (Wildman–Crippen MR) is 146 cm³/mol. The van der Waals surface area contributed by atoms with E-state index in [0.29, 0.717) is 10.8 Å². The molecule has 0 saturated carbocycles. The highest BCUT2D eigenvalue weighted by Crippen LogP contribution is 2.29. The van der Waals surface area contributed by atoms with E-state index in [9.17, 15) is 9.90 Å². The Balaban J connectivity index is 1.31. The molecule has 2 heterocycles. The van der Waals surface area contributed by atoms with E-state index in [1.165, 1.54) is 11.3 Å². The van der Waals surface area contributed by atoms with Gasteiger partial charge in [-0.3, -0.25) is 4.79 Å². The van der Waals surface area contributed by atoms with Gasteiger partial charge in [-0.2, -0.15) is 0 Å². The number of hydrogen-bond donors (Lipinski definition) is 3. The van der Waals surface area contributed by atoms with E-state index in [1.54, 1.807) is 13.1 Å². The molecule has 7 heteroatoms. The fourth-order valence-electron chi connectivity index (χ4n) is 4.13. The van der Waals surface area contributed by atoms with Crippen molar-refractivity contribution in [2.24, 2.45) is 0 Å². The smallest absolute Gasteiger partial charge is 0.261 e. The number of rotatable bonds is 7. The molecule has 36 heavy (non-hydrogen) atoms. The number of nitrogens with one attached hydrogen (secondary N) is 2. The molecule has 1 amide bonds. The molecule has 0 fully saturated rings. The lowest BCUT2D eigenvalue weighted by atomic mass is 10.00. The van der Waals surface area contributed by atoms with Gasteiger partial charge in [-0.05, 0) is 66.1 Å². The second kappa shape index (κ2) is 10.3. The maximum atomic E-state index is 13.0. The van der Waals surface area contributed by atoms with Crippen LogP contribution in [0.4, 0.5) is 11.6 Å². The molecule has 2 aromatic heterocycles. The summed E-state index contributed by atoms with van der Waals surface area (Å²) in [5, 5.41) is 18.4. The van der Waals surface area contributed by atoms with Crippen molar-refractivity contribution in [3.05, 3.63) is 107 Å². The van der Waals surface area contributed by atoms with Crippen LogP contribution in [-0.4, -0.2) is 21.0 Å². The lowest BCUT2D eigenvalue weighted by Gasteiger charge is -2.16. The standard InChI is InChI=1S/C29H26N4O2S/c1-18(23-12-6-8-20-7-3-4-11-24(20)23)31-28(35)27-14-13-26(36-27)25-15-16-30-29(33-25)32-22-10-5-9-21(17-22)19(2)34/h3-19,34H,1-2H3,(H,31,35)(H,30,32,33)/t18-,19?/m1/s1. The highest BCUT2D eigenvalue weighted by Gasteiger charge is 2.16. The van der Waals surface area contributed by atoms with Crippen molar-refractivity contribution in [3.63, 3.8) is 0 Å². The molecule has 5 rings (SSSR count). The molecule has 0 aliphatic carbocycles. The van der Waals surface area contributed by atoms with Gasteiger partial charge >= 0.3 is 0 Å². The number of hydrogen-bond acceptors (Lipinski definition) is 6. The number of benzene rings is 3. The van der Waals surface area contributed by atoms with Crippen LogP contribution >= 0.6 is 11.3 Å². The van der Waals surface area contributed by atoms with E-state index in [-0.39, 0.29) is 11.9 Å². The van der Waals surface area contributed by atoms with Gasteiger partial charge in [0.15, 0.2) is 0 Å². The zero-order valence-corrected chi connectivity index (χ0v) is 20.8. The number of aliphatic hydroxyl groups excluding tert-OH is 1. The number of anilines is 2. The Labute approximate surface area is 213 Å². The molecule has 0 spiro atoms. The molecule has 3 N–H and O–H groups in total. The molecule has 2 atom stereocenters.